The summed E-state index contributed by atoms with van der Waals surface area (Å²) in [5.74, 6) is 0.0823. The molecule has 0 radical (unpaired) electrons. The molecule has 0 aliphatic rings. The number of hydrogen-bond donors (Lipinski definition) is 0. The highest BCUT2D eigenvalue weighted by Gasteiger charge is 2.13. The maximum absolute atomic E-state index is 13.0. The molecule has 3 aromatic rings. The van der Waals surface area contributed by atoms with Crippen LogP contribution >= 0.6 is 11.5 Å². The van der Waals surface area contributed by atoms with Crippen molar-refractivity contribution >= 4 is 38.7 Å². The molecule has 2 aromatic carbocycles. The Morgan fingerprint density at radius 1 is 1.00 bits per heavy atom. The van der Waals surface area contributed by atoms with Crippen LogP contribution in [-0.2, 0) is 6.54 Å². The summed E-state index contributed by atoms with van der Waals surface area (Å²) in [5.41, 5.74) is 3.00. The number of fused-ring (bicyclic) bond motifs is 2. The van der Waals surface area contributed by atoms with Crippen LogP contribution in [0.2, 0.25) is 0 Å². The number of benzene rings is 2. The van der Waals surface area contributed by atoms with E-state index in [0.29, 0.717) is 6.54 Å². The zero-order valence-electron chi connectivity index (χ0n) is 14.4. The third-order valence-electron chi connectivity index (χ3n) is 3.83. The Kier molecular flexibility index (Phi) is 5.02. The molecule has 0 fully saturated rings. The number of likely N-dealkylation sites (N-methyl/N-ethyl adjacent to an activating group) is 1. The van der Waals surface area contributed by atoms with E-state index < -0.39 is 0 Å². The van der Waals surface area contributed by atoms with Gasteiger partial charge in [-0.25, -0.2) is 0 Å². The second-order valence-electron chi connectivity index (χ2n) is 6.12. The highest BCUT2D eigenvalue weighted by atomic mass is 32.1. The van der Waals surface area contributed by atoms with Crippen LogP contribution in [0, 0.1) is 0 Å². The van der Waals surface area contributed by atoms with Crippen LogP contribution in [0.25, 0.3) is 21.3 Å². The predicted octanol–water partition coefficient (Wildman–Crippen LogP) is 4.39. The summed E-state index contributed by atoms with van der Waals surface area (Å²) in [7, 11) is 3.84. The first kappa shape index (κ1) is 16.7. The lowest BCUT2D eigenvalue weighted by Crippen LogP contribution is -2.26. The van der Waals surface area contributed by atoms with Gasteiger partial charge in [-0.1, -0.05) is 42.7 Å². The molecule has 1 aromatic heterocycles. The van der Waals surface area contributed by atoms with Crippen molar-refractivity contribution in [2.75, 3.05) is 20.6 Å². The highest BCUT2D eigenvalue weighted by molar-refractivity contribution is 7.13. The van der Waals surface area contributed by atoms with Gasteiger partial charge in [0.25, 0.3) is 0 Å². The zero-order chi connectivity index (χ0) is 17.1. The fourth-order valence-corrected chi connectivity index (χ4v) is 4.02. The minimum Gasteiger partial charge on any atom is -0.301 e. The van der Waals surface area contributed by atoms with Gasteiger partial charge in [0.1, 0.15) is 0 Å². The molecular weight excluding hydrogens is 318 g/mol. The van der Waals surface area contributed by atoms with E-state index >= 15 is 0 Å². The topological polar surface area (TPSA) is 30.2 Å². The van der Waals surface area contributed by atoms with E-state index in [0.717, 1.165) is 34.2 Å². The average Bonchev–Trinajstić information content (AvgIpc) is 2.69. The number of para-hydroxylation sites is 3. The number of aromatic nitrogens is 2. The summed E-state index contributed by atoms with van der Waals surface area (Å²) in [6.07, 6.45) is 1.05. The molecule has 0 amide bonds. The van der Waals surface area contributed by atoms with Gasteiger partial charge in [0.15, 0.2) is 0 Å². The molecule has 4 nitrogen and oxygen atoms in total. The first-order chi connectivity index (χ1) is 11.6. The monoisotopic (exact) mass is 341 g/mol. The molecule has 0 saturated heterocycles. The Morgan fingerprint density at radius 3 is 2.29 bits per heavy atom. The van der Waals surface area contributed by atoms with Crippen molar-refractivity contribution in [3.05, 3.63) is 48.5 Å². The molecule has 0 aliphatic heterocycles. The Morgan fingerprint density at radius 2 is 1.62 bits per heavy atom. The zero-order valence-corrected chi connectivity index (χ0v) is 15.2. The Balaban J connectivity index is 2.46. The standard InChI is InChI=1S/C19H23N3OS/c1-4-13-21-15-9-5-6-10-16(15)22(19(23)14-20(2)3)17-11-7-8-12-18(17)24-21/h5-12H,4,13-14H2,1-3H3. The van der Waals surface area contributed by atoms with E-state index in [1.54, 1.807) is 11.5 Å². The number of nitrogens with zero attached hydrogens (tertiary/aromatic N) is 3. The van der Waals surface area contributed by atoms with Crippen LogP contribution in [-0.4, -0.2) is 40.0 Å². The third kappa shape index (κ3) is 3.23. The van der Waals surface area contributed by atoms with Gasteiger partial charge in [-0.15, -0.1) is 0 Å². The quantitative estimate of drug-likeness (QED) is 0.704. The highest BCUT2D eigenvalue weighted by Crippen LogP contribution is 2.25. The molecule has 1 heterocycles. The van der Waals surface area contributed by atoms with Gasteiger partial charge in [-0.2, -0.15) is 0 Å². The summed E-state index contributed by atoms with van der Waals surface area (Å²) < 4.78 is 5.26. The fraction of sp³-hybridized carbons (Fsp3) is 0.316. The van der Waals surface area contributed by atoms with Crippen molar-refractivity contribution in [2.45, 2.75) is 19.9 Å². The van der Waals surface area contributed by atoms with Crippen molar-refractivity contribution in [3.63, 3.8) is 0 Å². The summed E-state index contributed by atoms with van der Waals surface area (Å²) in [5, 5.41) is 0. The molecular formula is C19H23N3OS. The van der Waals surface area contributed by atoms with Gasteiger partial charge in [-0.3, -0.25) is 13.3 Å². The lowest BCUT2D eigenvalue weighted by molar-refractivity contribution is 0.0886. The molecule has 0 spiro atoms. The molecule has 3 rings (SSSR count). The Labute approximate surface area is 146 Å². The molecule has 24 heavy (non-hydrogen) atoms. The fourth-order valence-electron chi connectivity index (χ4n) is 2.86. The first-order valence-corrected chi connectivity index (χ1v) is 9.00. The van der Waals surface area contributed by atoms with Crippen molar-refractivity contribution in [1.82, 2.24) is 13.4 Å². The largest absolute Gasteiger partial charge is 0.301 e. The van der Waals surface area contributed by atoms with E-state index in [1.165, 1.54) is 0 Å². The van der Waals surface area contributed by atoms with E-state index in [1.807, 2.05) is 60.0 Å². The van der Waals surface area contributed by atoms with Crippen molar-refractivity contribution in [3.8, 4) is 0 Å². The number of aryl methyl sites for hydroxylation is 1. The molecule has 5 heteroatoms. The molecule has 0 unspecified atom stereocenters. The number of carbonyl (C=O) groups excluding carboxylic acids is 1. The van der Waals surface area contributed by atoms with E-state index in [9.17, 15) is 4.79 Å². The third-order valence-corrected chi connectivity index (χ3v) is 4.98. The molecule has 126 valence electrons. The summed E-state index contributed by atoms with van der Waals surface area (Å²) in [4.78, 5) is 14.9. The van der Waals surface area contributed by atoms with Gasteiger partial charge in [0.2, 0.25) is 5.91 Å². The average molecular weight is 341 g/mol. The second kappa shape index (κ2) is 7.20. The normalized spacial score (nSPS) is 11.3. The van der Waals surface area contributed by atoms with Gasteiger partial charge in [-0.05, 0) is 44.8 Å². The SMILES string of the molecule is CCCn1sc2ccccc2n(C(=O)CN(C)C)c2ccccc21. The van der Waals surface area contributed by atoms with Gasteiger partial charge < -0.3 is 4.90 Å². The minimum absolute atomic E-state index is 0.0823. The Hall–Kier alpha value is -2.11. The summed E-state index contributed by atoms with van der Waals surface area (Å²) in [6, 6.07) is 16.3. The van der Waals surface area contributed by atoms with Gasteiger partial charge in [0.05, 0.1) is 27.8 Å². The van der Waals surface area contributed by atoms with Crippen molar-refractivity contribution in [2.24, 2.45) is 0 Å². The van der Waals surface area contributed by atoms with Crippen molar-refractivity contribution in [1.29, 1.82) is 0 Å². The van der Waals surface area contributed by atoms with Crippen molar-refractivity contribution < 1.29 is 4.79 Å². The van der Waals surface area contributed by atoms with Crippen LogP contribution < -0.4 is 0 Å². The van der Waals surface area contributed by atoms with Gasteiger partial charge >= 0.3 is 0 Å². The van der Waals surface area contributed by atoms with E-state index in [4.69, 9.17) is 0 Å². The van der Waals surface area contributed by atoms with E-state index in [-0.39, 0.29) is 5.91 Å². The van der Waals surface area contributed by atoms with Crippen LogP contribution in [0.5, 0.6) is 0 Å². The number of hydrogen-bond acceptors (Lipinski definition) is 3. The smallest absolute Gasteiger partial charge is 0.245 e. The molecule has 0 aliphatic carbocycles. The Bertz CT molecular complexity index is 915. The van der Waals surface area contributed by atoms with Crippen LogP contribution in [0.3, 0.4) is 0 Å². The number of rotatable bonds is 4. The summed E-state index contributed by atoms with van der Waals surface area (Å²) >= 11 is 1.71. The van der Waals surface area contributed by atoms with Crippen LogP contribution in [0.4, 0.5) is 0 Å². The predicted molar refractivity (Wildman–Crippen MR) is 102 cm³/mol. The minimum atomic E-state index is 0.0823. The van der Waals surface area contributed by atoms with Crippen LogP contribution in [0.15, 0.2) is 48.5 Å². The molecule has 0 atom stereocenters. The molecule has 0 bridgehead atoms. The number of carbonyl (C=O) groups is 1. The molecule has 0 N–H and O–H groups in total. The molecule has 0 saturated carbocycles. The van der Waals surface area contributed by atoms with Gasteiger partial charge in [0, 0.05) is 6.54 Å². The van der Waals surface area contributed by atoms with Crippen LogP contribution in [0.1, 0.15) is 18.1 Å². The maximum atomic E-state index is 13.0. The second-order valence-corrected chi connectivity index (χ2v) is 7.18. The first-order valence-electron chi connectivity index (χ1n) is 8.23. The summed E-state index contributed by atoms with van der Waals surface area (Å²) in [6.45, 7) is 3.49. The lowest BCUT2D eigenvalue weighted by atomic mass is 10.2. The maximum Gasteiger partial charge on any atom is 0.245 e. The lowest BCUT2D eigenvalue weighted by Gasteiger charge is -2.13. The van der Waals surface area contributed by atoms with E-state index in [2.05, 4.69) is 23.0 Å².